The Hall–Kier alpha value is -3.35. The molecule has 0 bridgehead atoms. The van der Waals surface area contributed by atoms with E-state index in [1.807, 2.05) is 38.1 Å². The van der Waals surface area contributed by atoms with Crippen LogP contribution in [0.4, 0.5) is 4.79 Å². The quantitative estimate of drug-likeness (QED) is 0.604. The van der Waals surface area contributed by atoms with E-state index >= 15 is 0 Å². The molecular formula is C28H34N2O5. The average molecular weight is 479 g/mol. The number of carboxylic acids is 1. The van der Waals surface area contributed by atoms with Crippen molar-refractivity contribution in [2.75, 3.05) is 26.2 Å². The van der Waals surface area contributed by atoms with E-state index < -0.39 is 22.9 Å². The largest absolute Gasteiger partial charge is 0.481 e. The van der Waals surface area contributed by atoms with Crippen LogP contribution in [0.25, 0.3) is 11.1 Å². The topological polar surface area (TPSA) is 95.9 Å². The predicted octanol–water partition coefficient (Wildman–Crippen LogP) is 4.65. The molecule has 0 saturated carbocycles. The second-order valence-corrected chi connectivity index (χ2v) is 10.6. The van der Waals surface area contributed by atoms with E-state index in [9.17, 15) is 19.5 Å². The molecule has 1 aliphatic carbocycles. The lowest BCUT2D eigenvalue weighted by Crippen LogP contribution is -2.52. The third-order valence-electron chi connectivity index (χ3n) is 7.44. The number of nitrogens with one attached hydrogen (secondary N) is 1. The fraction of sp³-hybridized carbons (Fsp3) is 0.464. The molecule has 1 heterocycles. The Morgan fingerprint density at radius 3 is 2.29 bits per heavy atom. The molecule has 2 aromatic carbocycles. The fourth-order valence-electron chi connectivity index (χ4n) is 5.25. The van der Waals surface area contributed by atoms with E-state index in [0.29, 0.717) is 32.4 Å². The maximum absolute atomic E-state index is 13.1. The first-order valence-electron chi connectivity index (χ1n) is 12.2. The van der Waals surface area contributed by atoms with Crippen molar-refractivity contribution in [2.24, 2.45) is 10.8 Å². The summed E-state index contributed by atoms with van der Waals surface area (Å²) in [6.45, 7) is 6.67. The van der Waals surface area contributed by atoms with Gasteiger partial charge in [-0.3, -0.25) is 9.59 Å². The Morgan fingerprint density at radius 1 is 1.09 bits per heavy atom. The summed E-state index contributed by atoms with van der Waals surface area (Å²) in [7, 11) is 0. The smallest absolute Gasteiger partial charge is 0.407 e. The molecule has 0 radical (unpaired) electrons. The second kappa shape index (κ2) is 9.72. The van der Waals surface area contributed by atoms with E-state index in [2.05, 4.69) is 29.6 Å². The molecule has 1 unspecified atom stereocenters. The highest BCUT2D eigenvalue weighted by atomic mass is 16.5. The number of carboxylic acid groups (broad SMARTS) is 1. The summed E-state index contributed by atoms with van der Waals surface area (Å²) in [6, 6.07) is 16.4. The second-order valence-electron chi connectivity index (χ2n) is 10.6. The van der Waals surface area contributed by atoms with Crippen molar-refractivity contribution in [1.82, 2.24) is 10.2 Å². The van der Waals surface area contributed by atoms with Gasteiger partial charge in [-0.15, -0.1) is 0 Å². The molecule has 186 valence electrons. The summed E-state index contributed by atoms with van der Waals surface area (Å²) in [6.07, 6.45) is 1.15. The number of ether oxygens (including phenoxy) is 1. The van der Waals surface area contributed by atoms with Gasteiger partial charge in [0.1, 0.15) is 6.61 Å². The van der Waals surface area contributed by atoms with Crippen molar-refractivity contribution in [1.29, 1.82) is 0 Å². The number of carbonyl (C=O) groups excluding carboxylic acids is 2. The summed E-state index contributed by atoms with van der Waals surface area (Å²) >= 11 is 0. The Bertz CT molecular complexity index is 1080. The Balaban J connectivity index is 1.29. The maximum Gasteiger partial charge on any atom is 0.407 e. The molecule has 0 aromatic heterocycles. The molecule has 2 aromatic rings. The number of hydrogen-bond acceptors (Lipinski definition) is 4. The van der Waals surface area contributed by atoms with Crippen LogP contribution in [0.3, 0.4) is 0 Å². The van der Waals surface area contributed by atoms with Crippen LogP contribution in [0.5, 0.6) is 0 Å². The van der Waals surface area contributed by atoms with E-state index in [4.69, 9.17) is 4.74 Å². The van der Waals surface area contributed by atoms with E-state index in [-0.39, 0.29) is 25.0 Å². The fourth-order valence-corrected chi connectivity index (χ4v) is 5.25. The summed E-state index contributed by atoms with van der Waals surface area (Å²) < 4.78 is 5.57. The minimum Gasteiger partial charge on any atom is -0.481 e. The standard InChI is InChI=1S/C28H34N2O5/c1-27(2,24(31)30-16-8-13-28(3,18-30)25(32)33)14-15-29-26(34)35-17-23-21-11-6-4-9-19(21)20-10-5-7-12-22(20)23/h4-7,9-12,23H,8,13-18H2,1-3H3,(H,29,34)(H,32,33). The number of nitrogens with zero attached hydrogens (tertiary/aromatic N) is 1. The van der Waals surface area contributed by atoms with Crippen molar-refractivity contribution in [3.63, 3.8) is 0 Å². The molecule has 7 nitrogen and oxygen atoms in total. The van der Waals surface area contributed by atoms with Gasteiger partial charge in [-0.05, 0) is 48.4 Å². The Kier molecular flexibility index (Phi) is 6.88. The van der Waals surface area contributed by atoms with Gasteiger partial charge in [0.25, 0.3) is 0 Å². The highest BCUT2D eigenvalue weighted by molar-refractivity contribution is 5.84. The summed E-state index contributed by atoms with van der Waals surface area (Å²) in [5.74, 6) is -0.961. The van der Waals surface area contributed by atoms with E-state index in [1.165, 1.54) is 11.1 Å². The lowest BCUT2D eigenvalue weighted by Gasteiger charge is -2.41. The zero-order chi connectivity index (χ0) is 25.2. The summed E-state index contributed by atoms with van der Waals surface area (Å²) in [4.78, 5) is 38.9. The lowest BCUT2D eigenvalue weighted by molar-refractivity contribution is -0.156. The molecule has 4 rings (SSSR count). The van der Waals surface area contributed by atoms with Crippen LogP contribution in [-0.4, -0.2) is 54.2 Å². The van der Waals surface area contributed by atoms with Crippen molar-refractivity contribution < 1.29 is 24.2 Å². The van der Waals surface area contributed by atoms with Gasteiger partial charge in [-0.2, -0.15) is 0 Å². The number of rotatable bonds is 7. The molecule has 7 heteroatoms. The van der Waals surface area contributed by atoms with E-state index in [0.717, 1.165) is 11.1 Å². The zero-order valence-electron chi connectivity index (χ0n) is 20.7. The number of fused-ring (bicyclic) bond motifs is 3. The van der Waals surface area contributed by atoms with Crippen molar-refractivity contribution in [3.05, 3.63) is 59.7 Å². The van der Waals surface area contributed by atoms with Crippen LogP contribution in [0, 0.1) is 10.8 Å². The number of hydrogen-bond donors (Lipinski definition) is 2. The first-order valence-corrected chi connectivity index (χ1v) is 12.2. The molecule has 1 aliphatic heterocycles. The van der Waals surface area contributed by atoms with Crippen LogP contribution in [-0.2, 0) is 14.3 Å². The molecule has 1 atom stereocenters. The monoisotopic (exact) mass is 478 g/mol. The number of aliphatic carboxylic acids is 1. The molecule has 1 saturated heterocycles. The number of amides is 2. The van der Waals surface area contributed by atoms with Crippen LogP contribution in [0.1, 0.15) is 57.1 Å². The van der Waals surface area contributed by atoms with Crippen LogP contribution in [0.2, 0.25) is 0 Å². The molecule has 2 aliphatic rings. The number of likely N-dealkylation sites (tertiary alicyclic amines) is 1. The van der Waals surface area contributed by atoms with Crippen LogP contribution >= 0.6 is 0 Å². The Labute approximate surface area is 206 Å². The molecule has 35 heavy (non-hydrogen) atoms. The highest BCUT2D eigenvalue weighted by Gasteiger charge is 2.42. The van der Waals surface area contributed by atoms with Crippen molar-refractivity contribution >= 4 is 18.0 Å². The first kappa shape index (κ1) is 24.8. The SMILES string of the molecule is CC(C)(CCNC(=O)OCC1c2ccccc2-c2ccccc21)C(=O)N1CCCC(C)(C(=O)O)C1. The molecule has 2 amide bonds. The zero-order valence-corrected chi connectivity index (χ0v) is 20.7. The van der Waals surface area contributed by atoms with Gasteiger partial charge >= 0.3 is 12.1 Å². The van der Waals surface area contributed by atoms with Gasteiger partial charge in [-0.1, -0.05) is 62.4 Å². The van der Waals surface area contributed by atoms with Crippen LogP contribution < -0.4 is 5.32 Å². The molecule has 1 fully saturated rings. The average Bonchev–Trinajstić information content (AvgIpc) is 3.16. The van der Waals surface area contributed by atoms with Crippen molar-refractivity contribution in [3.8, 4) is 11.1 Å². The molecular weight excluding hydrogens is 444 g/mol. The predicted molar refractivity (Wildman–Crippen MR) is 133 cm³/mol. The minimum absolute atomic E-state index is 0.00573. The number of carbonyl (C=O) groups is 3. The number of piperidine rings is 1. The number of benzene rings is 2. The number of alkyl carbamates (subject to hydrolysis) is 1. The lowest BCUT2D eigenvalue weighted by atomic mass is 9.80. The molecule has 2 N–H and O–H groups in total. The third kappa shape index (κ3) is 5.04. The van der Waals surface area contributed by atoms with Crippen molar-refractivity contribution in [2.45, 2.75) is 46.0 Å². The summed E-state index contributed by atoms with van der Waals surface area (Å²) in [5.41, 5.74) is 3.02. The minimum atomic E-state index is -0.913. The van der Waals surface area contributed by atoms with Gasteiger partial charge in [-0.25, -0.2) is 4.79 Å². The highest BCUT2D eigenvalue weighted by Crippen LogP contribution is 2.44. The van der Waals surface area contributed by atoms with Crippen LogP contribution in [0.15, 0.2) is 48.5 Å². The van der Waals surface area contributed by atoms with Gasteiger partial charge < -0.3 is 20.1 Å². The van der Waals surface area contributed by atoms with Gasteiger partial charge in [0, 0.05) is 31.0 Å². The van der Waals surface area contributed by atoms with E-state index in [1.54, 1.807) is 11.8 Å². The normalized spacial score (nSPS) is 19.6. The maximum atomic E-state index is 13.1. The Morgan fingerprint density at radius 2 is 1.69 bits per heavy atom. The molecule has 0 spiro atoms. The van der Waals surface area contributed by atoms with Gasteiger partial charge in [0.2, 0.25) is 5.91 Å². The third-order valence-corrected chi connectivity index (χ3v) is 7.44. The first-order chi connectivity index (χ1) is 16.6. The van der Waals surface area contributed by atoms with Gasteiger partial charge in [0.05, 0.1) is 5.41 Å². The summed E-state index contributed by atoms with van der Waals surface area (Å²) in [5, 5.41) is 12.3. The van der Waals surface area contributed by atoms with Gasteiger partial charge in [0.15, 0.2) is 0 Å².